The van der Waals surface area contributed by atoms with Crippen LogP contribution in [0.25, 0.3) is 0 Å². The van der Waals surface area contributed by atoms with Crippen molar-refractivity contribution in [3.63, 3.8) is 0 Å². The minimum Gasteiger partial charge on any atom is -0.316 e. The van der Waals surface area contributed by atoms with Gasteiger partial charge in [-0.2, -0.15) is 0 Å². The van der Waals surface area contributed by atoms with Gasteiger partial charge in [-0.05, 0) is 30.2 Å². The lowest BCUT2D eigenvalue weighted by Gasteiger charge is -2.28. The van der Waals surface area contributed by atoms with Gasteiger partial charge >= 0.3 is 0 Å². The van der Waals surface area contributed by atoms with Crippen molar-refractivity contribution in [3.05, 3.63) is 0 Å². The number of hydrogen-bond donors (Lipinski definition) is 1. The molecule has 1 heteroatoms. The highest BCUT2D eigenvalue weighted by molar-refractivity contribution is 4.78. The summed E-state index contributed by atoms with van der Waals surface area (Å²) >= 11 is 0. The predicted octanol–water partition coefficient (Wildman–Crippen LogP) is 3.84. The predicted molar refractivity (Wildman–Crippen MR) is 68.1 cm³/mol. The van der Waals surface area contributed by atoms with Crippen molar-refractivity contribution in [1.29, 1.82) is 0 Å². The highest BCUT2D eigenvalue weighted by Crippen LogP contribution is 2.35. The molecular formula is C14H29N. The quantitative estimate of drug-likeness (QED) is 0.704. The van der Waals surface area contributed by atoms with Crippen molar-refractivity contribution < 1.29 is 0 Å². The van der Waals surface area contributed by atoms with E-state index in [2.05, 4.69) is 33.0 Å². The first-order valence-corrected chi connectivity index (χ1v) is 6.70. The van der Waals surface area contributed by atoms with Gasteiger partial charge < -0.3 is 5.32 Å². The molecule has 90 valence electrons. The van der Waals surface area contributed by atoms with E-state index in [1.54, 1.807) is 0 Å². The Morgan fingerprint density at radius 3 is 2.33 bits per heavy atom. The van der Waals surface area contributed by atoms with Gasteiger partial charge in [0.05, 0.1) is 0 Å². The van der Waals surface area contributed by atoms with Gasteiger partial charge in [-0.1, -0.05) is 53.4 Å². The number of hydrogen-bond acceptors (Lipinski definition) is 1. The van der Waals surface area contributed by atoms with Crippen LogP contribution >= 0.6 is 0 Å². The first-order valence-electron chi connectivity index (χ1n) is 6.70. The lowest BCUT2D eigenvalue weighted by molar-refractivity contribution is 0.253. The molecule has 1 rings (SSSR count). The zero-order valence-electron chi connectivity index (χ0n) is 11.1. The van der Waals surface area contributed by atoms with E-state index in [9.17, 15) is 0 Å². The van der Waals surface area contributed by atoms with Crippen LogP contribution in [0.15, 0.2) is 0 Å². The Balaban J connectivity index is 2.18. The molecule has 1 aliphatic rings. The fraction of sp³-hybridized carbons (Fsp3) is 1.00. The largest absolute Gasteiger partial charge is 0.316 e. The van der Waals surface area contributed by atoms with Crippen LogP contribution in [-0.4, -0.2) is 13.1 Å². The van der Waals surface area contributed by atoms with Crippen molar-refractivity contribution in [2.45, 2.75) is 59.8 Å². The number of rotatable bonds is 6. The first-order chi connectivity index (χ1) is 6.99. The fourth-order valence-electron chi connectivity index (χ4n) is 2.77. The molecular weight excluding hydrogens is 182 g/mol. The fourth-order valence-corrected chi connectivity index (χ4v) is 2.77. The summed E-state index contributed by atoms with van der Waals surface area (Å²) in [5.74, 6) is 1.79. The topological polar surface area (TPSA) is 12.0 Å². The van der Waals surface area contributed by atoms with Crippen molar-refractivity contribution in [1.82, 2.24) is 5.32 Å². The Kier molecular flexibility index (Phi) is 5.11. The summed E-state index contributed by atoms with van der Waals surface area (Å²) in [6, 6.07) is 0. The molecule has 0 bridgehead atoms. The maximum atomic E-state index is 3.60. The standard InChI is InChI=1S/C14H29N/c1-12(2)10-15-11-14(3,4)9-13-7-5-6-8-13/h12-13,15H,5-11H2,1-4H3. The third-order valence-corrected chi connectivity index (χ3v) is 3.47. The van der Waals surface area contributed by atoms with E-state index in [1.807, 2.05) is 0 Å². The highest BCUT2D eigenvalue weighted by atomic mass is 14.9. The summed E-state index contributed by atoms with van der Waals surface area (Å²) in [5.41, 5.74) is 0.490. The molecule has 0 unspecified atom stereocenters. The molecule has 0 aromatic rings. The van der Waals surface area contributed by atoms with Crippen LogP contribution in [0.3, 0.4) is 0 Å². The van der Waals surface area contributed by atoms with E-state index < -0.39 is 0 Å². The van der Waals surface area contributed by atoms with Crippen molar-refractivity contribution in [2.24, 2.45) is 17.3 Å². The summed E-state index contributed by atoms with van der Waals surface area (Å²) in [6.07, 6.45) is 7.32. The molecule has 0 heterocycles. The second-order valence-electron chi connectivity index (χ2n) is 6.54. The van der Waals surface area contributed by atoms with E-state index in [0.29, 0.717) is 5.41 Å². The van der Waals surface area contributed by atoms with Crippen molar-refractivity contribution in [3.8, 4) is 0 Å². The van der Waals surface area contributed by atoms with E-state index in [4.69, 9.17) is 0 Å². The molecule has 0 aromatic heterocycles. The molecule has 0 saturated heterocycles. The second-order valence-corrected chi connectivity index (χ2v) is 6.54. The lowest BCUT2D eigenvalue weighted by atomic mass is 9.82. The molecule has 0 aromatic carbocycles. The molecule has 0 aliphatic heterocycles. The van der Waals surface area contributed by atoms with Gasteiger partial charge in [0, 0.05) is 6.54 Å². The molecule has 1 aliphatic carbocycles. The number of nitrogens with one attached hydrogen (secondary N) is 1. The monoisotopic (exact) mass is 211 g/mol. The molecule has 1 fully saturated rings. The van der Waals surface area contributed by atoms with Gasteiger partial charge in [-0.15, -0.1) is 0 Å². The molecule has 0 spiro atoms. The van der Waals surface area contributed by atoms with E-state index in [0.717, 1.165) is 18.4 Å². The molecule has 15 heavy (non-hydrogen) atoms. The Labute approximate surface area is 96.0 Å². The lowest BCUT2D eigenvalue weighted by Crippen LogP contribution is -2.33. The summed E-state index contributed by atoms with van der Waals surface area (Å²) in [4.78, 5) is 0. The van der Waals surface area contributed by atoms with Crippen LogP contribution in [0.4, 0.5) is 0 Å². The maximum absolute atomic E-state index is 3.60. The normalized spacial score (nSPS) is 19.0. The van der Waals surface area contributed by atoms with Crippen LogP contribution in [0, 0.1) is 17.3 Å². The highest BCUT2D eigenvalue weighted by Gasteiger charge is 2.25. The van der Waals surface area contributed by atoms with Gasteiger partial charge in [0.15, 0.2) is 0 Å². The van der Waals surface area contributed by atoms with Crippen LogP contribution in [0.1, 0.15) is 59.8 Å². The van der Waals surface area contributed by atoms with Gasteiger partial charge in [0.2, 0.25) is 0 Å². The smallest absolute Gasteiger partial charge is 0.000273 e. The van der Waals surface area contributed by atoms with Crippen molar-refractivity contribution in [2.75, 3.05) is 13.1 Å². The molecule has 1 N–H and O–H groups in total. The SMILES string of the molecule is CC(C)CNCC(C)(C)CC1CCCC1. The Morgan fingerprint density at radius 1 is 1.20 bits per heavy atom. The van der Waals surface area contributed by atoms with Crippen LogP contribution < -0.4 is 5.32 Å². The van der Waals surface area contributed by atoms with Crippen LogP contribution in [0.5, 0.6) is 0 Å². The Bertz CT molecular complexity index is 166. The summed E-state index contributed by atoms with van der Waals surface area (Å²) in [6.45, 7) is 11.7. The average Bonchev–Trinajstić information content (AvgIpc) is 2.54. The minimum atomic E-state index is 0.490. The summed E-state index contributed by atoms with van der Waals surface area (Å²) in [7, 11) is 0. The first kappa shape index (κ1) is 13.0. The molecule has 0 atom stereocenters. The Hall–Kier alpha value is -0.0400. The van der Waals surface area contributed by atoms with Gasteiger partial charge in [0.1, 0.15) is 0 Å². The maximum Gasteiger partial charge on any atom is 0.000273 e. The zero-order valence-corrected chi connectivity index (χ0v) is 11.1. The van der Waals surface area contributed by atoms with Crippen LogP contribution in [-0.2, 0) is 0 Å². The zero-order chi connectivity index (χ0) is 11.3. The third kappa shape index (κ3) is 5.55. The van der Waals surface area contributed by atoms with Gasteiger partial charge in [0.25, 0.3) is 0 Å². The van der Waals surface area contributed by atoms with Gasteiger partial charge in [-0.3, -0.25) is 0 Å². The Morgan fingerprint density at radius 2 is 1.80 bits per heavy atom. The van der Waals surface area contributed by atoms with E-state index >= 15 is 0 Å². The van der Waals surface area contributed by atoms with Gasteiger partial charge in [-0.25, -0.2) is 0 Å². The van der Waals surface area contributed by atoms with E-state index in [1.165, 1.54) is 38.6 Å². The van der Waals surface area contributed by atoms with E-state index in [-0.39, 0.29) is 0 Å². The molecule has 1 nitrogen and oxygen atoms in total. The second kappa shape index (κ2) is 5.89. The minimum absolute atomic E-state index is 0.490. The van der Waals surface area contributed by atoms with Crippen molar-refractivity contribution >= 4 is 0 Å². The van der Waals surface area contributed by atoms with Crippen LogP contribution in [0.2, 0.25) is 0 Å². The third-order valence-electron chi connectivity index (χ3n) is 3.47. The molecule has 0 amide bonds. The summed E-state index contributed by atoms with van der Waals surface area (Å²) < 4.78 is 0. The average molecular weight is 211 g/mol. The molecule has 0 radical (unpaired) electrons. The summed E-state index contributed by atoms with van der Waals surface area (Å²) in [5, 5.41) is 3.60. The molecule has 1 saturated carbocycles.